The highest BCUT2D eigenvalue weighted by molar-refractivity contribution is 6.54. The highest BCUT2D eigenvalue weighted by atomic mass is 19.1. The molecule has 1 aliphatic heterocycles. The highest BCUT2D eigenvalue weighted by Crippen LogP contribution is 2.39. The molecular formula is C18H22BFO3. The Labute approximate surface area is 137 Å². The molecule has 1 fully saturated rings. The summed E-state index contributed by atoms with van der Waals surface area (Å²) in [4.78, 5) is 0. The maximum absolute atomic E-state index is 14.5. The summed E-state index contributed by atoms with van der Waals surface area (Å²) in [6.07, 6.45) is 1.82. The van der Waals surface area contributed by atoms with Crippen molar-refractivity contribution in [3.05, 3.63) is 41.1 Å². The van der Waals surface area contributed by atoms with Gasteiger partial charge in [-0.1, -0.05) is 24.0 Å². The summed E-state index contributed by atoms with van der Waals surface area (Å²) in [6.45, 7) is 7.58. The first kappa shape index (κ1) is 17.7. The maximum atomic E-state index is 14.5. The van der Waals surface area contributed by atoms with Crippen molar-refractivity contribution in [3.8, 4) is 11.8 Å². The molecule has 0 atom stereocenters. The average molecular weight is 316 g/mol. The molecule has 0 amide bonds. The van der Waals surface area contributed by atoms with Gasteiger partial charge >= 0.3 is 7.12 Å². The van der Waals surface area contributed by atoms with Gasteiger partial charge in [0.1, 0.15) is 5.73 Å². The van der Waals surface area contributed by atoms with Crippen molar-refractivity contribution in [1.82, 2.24) is 0 Å². The van der Waals surface area contributed by atoms with Crippen LogP contribution in [0.25, 0.3) is 6.08 Å². The second-order valence-corrected chi connectivity index (χ2v) is 6.52. The fourth-order valence-corrected chi connectivity index (χ4v) is 2.11. The first-order valence-corrected chi connectivity index (χ1v) is 7.68. The molecule has 0 aromatic heterocycles. The molecule has 2 rings (SSSR count). The van der Waals surface area contributed by atoms with Crippen molar-refractivity contribution in [2.75, 3.05) is 6.61 Å². The molecule has 3 nitrogen and oxygen atoms in total. The molecule has 0 bridgehead atoms. The van der Waals surface area contributed by atoms with E-state index in [1.165, 1.54) is 6.08 Å². The van der Waals surface area contributed by atoms with Crippen molar-refractivity contribution in [3.63, 3.8) is 0 Å². The Hall–Kier alpha value is -1.61. The molecular weight excluding hydrogens is 294 g/mol. The molecule has 0 spiro atoms. The number of aliphatic hydroxyl groups excluding tert-OH is 1. The van der Waals surface area contributed by atoms with Crippen molar-refractivity contribution in [2.24, 2.45) is 0 Å². The second-order valence-electron chi connectivity index (χ2n) is 6.52. The van der Waals surface area contributed by atoms with E-state index in [1.54, 1.807) is 12.1 Å². The van der Waals surface area contributed by atoms with Crippen LogP contribution in [-0.4, -0.2) is 30.0 Å². The van der Waals surface area contributed by atoms with E-state index in [0.717, 1.165) is 5.56 Å². The van der Waals surface area contributed by atoms with Crippen LogP contribution in [-0.2, 0) is 9.31 Å². The van der Waals surface area contributed by atoms with Gasteiger partial charge in [-0.15, -0.1) is 0 Å². The van der Waals surface area contributed by atoms with Crippen molar-refractivity contribution >= 4 is 13.2 Å². The number of hydrogen-bond donors (Lipinski definition) is 1. The molecule has 122 valence electrons. The summed E-state index contributed by atoms with van der Waals surface area (Å²) >= 11 is 0. The van der Waals surface area contributed by atoms with Crippen LogP contribution < -0.4 is 0 Å². The number of benzene rings is 1. The van der Waals surface area contributed by atoms with E-state index in [9.17, 15) is 4.39 Å². The van der Waals surface area contributed by atoms with Crippen molar-refractivity contribution in [2.45, 2.75) is 45.3 Å². The third kappa shape index (κ3) is 4.23. The number of rotatable bonds is 3. The first-order chi connectivity index (χ1) is 10.7. The number of aliphatic hydroxyl groups is 1. The molecule has 1 aliphatic rings. The zero-order valence-electron chi connectivity index (χ0n) is 14.0. The Morgan fingerprint density at radius 2 is 1.91 bits per heavy atom. The van der Waals surface area contributed by atoms with Gasteiger partial charge in [0.25, 0.3) is 0 Å². The Bertz CT molecular complexity index is 640. The van der Waals surface area contributed by atoms with Gasteiger partial charge in [0.05, 0.1) is 17.8 Å². The third-order valence-corrected chi connectivity index (χ3v) is 4.14. The summed E-state index contributed by atoms with van der Waals surface area (Å²) in [5.74, 6) is 5.78. The van der Waals surface area contributed by atoms with Crippen LogP contribution in [0.3, 0.4) is 0 Å². The fourth-order valence-electron chi connectivity index (χ4n) is 2.11. The monoisotopic (exact) mass is 316 g/mol. The quantitative estimate of drug-likeness (QED) is 0.686. The van der Waals surface area contributed by atoms with Gasteiger partial charge in [-0.3, -0.25) is 0 Å². The van der Waals surface area contributed by atoms with Crippen LogP contribution in [0.2, 0.25) is 0 Å². The largest absolute Gasteiger partial charge is 0.525 e. The molecule has 0 saturated carbocycles. The van der Waals surface area contributed by atoms with Gasteiger partial charge in [0.2, 0.25) is 0 Å². The second kappa shape index (κ2) is 6.88. The summed E-state index contributed by atoms with van der Waals surface area (Å²) in [5, 5.41) is 8.73. The minimum Gasteiger partial charge on any atom is -0.398 e. The lowest BCUT2D eigenvalue weighted by Crippen LogP contribution is -2.41. The maximum Gasteiger partial charge on any atom is 0.525 e. The predicted octanol–water partition coefficient (Wildman–Crippen LogP) is 3.36. The molecule has 1 N–H and O–H groups in total. The van der Waals surface area contributed by atoms with E-state index in [-0.39, 0.29) is 6.61 Å². The van der Waals surface area contributed by atoms with Crippen molar-refractivity contribution < 1.29 is 18.8 Å². The third-order valence-electron chi connectivity index (χ3n) is 4.14. The molecule has 1 aromatic carbocycles. The molecule has 1 heterocycles. The van der Waals surface area contributed by atoms with Gasteiger partial charge in [-0.2, -0.15) is 0 Å². The summed E-state index contributed by atoms with van der Waals surface area (Å²) in [7, 11) is -0.996. The molecule has 0 unspecified atom stereocenters. The minimum atomic E-state index is -0.996. The van der Waals surface area contributed by atoms with E-state index in [2.05, 4.69) is 11.8 Å². The van der Waals surface area contributed by atoms with Crippen LogP contribution in [0.1, 0.15) is 45.2 Å². The van der Waals surface area contributed by atoms with Gasteiger partial charge in [0.15, 0.2) is 0 Å². The molecule has 1 aromatic rings. The predicted molar refractivity (Wildman–Crippen MR) is 90.2 cm³/mol. The number of hydrogen-bond acceptors (Lipinski definition) is 3. The standard InChI is InChI=1S/C18H22BFO3/c1-17(2)18(3,4)23-19(22-17)16(20)13-15-10-7-9-14(12-15)8-5-6-11-21/h7,9-10,12-13,21H,6,11H2,1-4H3. The first-order valence-electron chi connectivity index (χ1n) is 7.68. The Morgan fingerprint density at radius 1 is 1.26 bits per heavy atom. The van der Waals surface area contributed by atoms with E-state index in [1.807, 2.05) is 39.8 Å². The zero-order chi connectivity index (χ0) is 17.1. The Morgan fingerprint density at radius 3 is 2.52 bits per heavy atom. The topological polar surface area (TPSA) is 38.7 Å². The van der Waals surface area contributed by atoms with Crippen LogP contribution in [0.4, 0.5) is 4.39 Å². The van der Waals surface area contributed by atoms with E-state index in [4.69, 9.17) is 14.4 Å². The molecule has 23 heavy (non-hydrogen) atoms. The SMILES string of the molecule is CC1(C)OB(C(F)=Cc2cccc(C#CCCO)c2)OC1(C)C. The van der Waals surface area contributed by atoms with Gasteiger partial charge < -0.3 is 14.4 Å². The highest BCUT2D eigenvalue weighted by Gasteiger charge is 2.53. The summed E-state index contributed by atoms with van der Waals surface area (Å²) in [6, 6.07) is 7.23. The lowest BCUT2D eigenvalue weighted by atomic mass is 9.86. The fraction of sp³-hybridized carbons (Fsp3) is 0.444. The molecule has 1 saturated heterocycles. The van der Waals surface area contributed by atoms with E-state index in [0.29, 0.717) is 12.0 Å². The molecule has 5 heteroatoms. The number of halogens is 1. The summed E-state index contributed by atoms with van der Waals surface area (Å²) in [5.41, 5.74) is -0.146. The lowest BCUT2D eigenvalue weighted by molar-refractivity contribution is 0.00578. The summed E-state index contributed by atoms with van der Waals surface area (Å²) < 4.78 is 25.8. The molecule has 0 radical (unpaired) electrons. The van der Waals surface area contributed by atoms with E-state index >= 15 is 0 Å². The lowest BCUT2D eigenvalue weighted by Gasteiger charge is -2.32. The van der Waals surface area contributed by atoms with Gasteiger partial charge in [-0.25, -0.2) is 4.39 Å². The van der Waals surface area contributed by atoms with Crippen LogP contribution in [0, 0.1) is 11.8 Å². The zero-order valence-corrected chi connectivity index (χ0v) is 14.0. The molecule has 0 aliphatic carbocycles. The van der Waals surface area contributed by atoms with Gasteiger partial charge in [-0.05, 0) is 51.5 Å². The average Bonchev–Trinajstić information content (AvgIpc) is 2.68. The smallest absolute Gasteiger partial charge is 0.398 e. The van der Waals surface area contributed by atoms with Crippen molar-refractivity contribution in [1.29, 1.82) is 0 Å². The Balaban J connectivity index is 2.16. The van der Waals surface area contributed by atoms with Crippen LogP contribution in [0.5, 0.6) is 0 Å². The van der Waals surface area contributed by atoms with Crippen LogP contribution >= 0.6 is 0 Å². The minimum absolute atomic E-state index is 0.0309. The van der Waals surface area contributed by atoms with E-state index < -0.39 is 24.0 Å². The van der Waals surface area contributed by atoms with Crippen LogP contribution in [0.15, 0.2) is 30.0 Å². The normalized spacial score (nSPS) is 19.4. The van der Waals surface area contributed by atoms with Gasteiger partial charge in [0, 0.05) is 12.0 Å². The Kier molecular flexibility index (Phi) is 5.31.